The molecule has 2 heterocycles. The smallest absolute Gasteiger partial charge is 0.218 e. The summed E-state index contributed by atoms with van der Waals surface area (Å²) in [5.41, 5.74) is 2.30. The molecule has 3 rings (SSSR count). The maximum atomic E-state index is 5.58. The predicted molar refractivity (Wildman–Crippen MR) is 121 cm³/mol. The first-order valence-electron chi connectivity index (χ1n) is 9.14. The van der Waals surface area contributed by atoms with Crippen LogP contribution in [0.3, 0.4) is 0 Å². The quantitative estimate of drug-likeness (QED) is 0.378. The maximum absolute atomic E-state index is 5.58. The number of pyridine rings is 1. The summed E-state index contributed by atoms with van der Waals surface area (Å²) in [6.45, 7) is 5.22. The molecule has 2 aromatic rings. The fourth-order valence-corrected chi connectivity index (χ4v) is 3.14. The number of nitrogens with zero attached hydrogens (tertiary/aromatic N) is 3. The summed E-state index contributed by atoms with van der Waals surface area (Å²) in [6.07, 6.45) is 2.84. The van der Waals surface area contributed by atoms with E-state index in [0.717, 1.165) is 31.0 Å². The van der Waals surface area contributed by atoms with E-state index in [4.69, 9.17) is 4.74 Å². The van der Waals surface area contributed by atoms with E-state index in [1.807, 2.05) is 19.1 Å². The van der Waals surface area contributed by atoms with Crippen LogP contribution >= 0.6 is 24.0 Å². The first-order valence-corrected chi connectivity index (χ1v) is 9.14. The lowest BCUT2D eigenvalue weighted by atomic mass is 10.2. The zero-order valence-electron chi connectivity index (χ0n) is 15.9. The number of ether oxygens (including phenoxy) is 1. The van der Waals surface area contributed by atoms with E-state index >= 15 is 0 Å². The summed E-state index contributed by atoms with van der Waals surface area (Å²) >= 11 is 0. The first-order chi connectivity index (χ1) is 12.8. The number of aliphatic imine (C=N–C) groups is 1. The molecule has 1 aliphatic rings. The summed E-state index contributed by atoms with van der Waals surface area (Å²) in [7, 11) is 1.80. The molecule has 146 valence electrons. The highest BCUT2D eigenvalue weighted by atomic mass is 127. The largest absolute Gasteiger partial charge is 0.478 e. The van der Waals surface area contributed by atoms with Crippen LogP contribution in [0.2, 0.25) is 0 Å². The first kappa shape index (κ1) is 21.3. The van der Waals surface area contributed by atoms with Crippen molar-refractivity contribution in [3.8, 4) is 5.88 Å². The number of guanidine groups is 1. The average molecular weight is 481 g/mol. The zero-order chi connectivity index (χ0) is 18.2. The van der Waals surface area contributed by atoms with E-state index < -0.39 is 0 Å². The Morgan fingerprint density at radius 2 is 2.07 bits per heavy atom. The van der Waals surface area contributed by atoms with Gasteiger partial charge in [-0.15, -0.1) is 24.0 Å². The molecule has 0 saturated carbocycles. The van der Waals surface area contributed by atoms with Crippen molar-refractivity contribution >= 4 is 35.6 Å². The highest BCUT2D eigenvalue weighted by molar-refractivity contribution is 14.0. The minimum atomic E-state index is 0. The Kier molecular flexibility index (Phi) is 8.63. The van der Waals surface area contributed by atoms with E-state index in [2.05, 4.69) is 55.8 Å². The van der Waals surface area contributed by atoms with Crippen LogP contribution in [0.15, 0.2) is 53.7 Å². The van der Waals surface area contributed by atoms with Crippen molar-refractivity contribution in [1.82, 2.24) is 15.6 Å². The molecule has 7 heteroatoms. The molecule has 1 aliphatic heterocycles. The van der Waals surface area contributed by atoms with Crippen LogP contribution in [0, 0.1) is 0 Å². The molecule has 1 atom stereocenters. The summed E-state index contributed by atoms with van der Waals surface area (Å²) < 4.78 is 5.58. The number of benzene rings is 1. The Morgan fingerprint density at radius 1 is 1.26 bits per heavy atom. The van der Waals surface area contributed by atoms with Crippen molar-refractivity contribution in [1.29, 1.82) is 0 Å². The second-order valence-electron chi connectivity index (χ2n) is 6.24. The third kappa shape index (κ3) is 5.98. The van der Waals surface area contributed by atoms with Gasteiger partial charge in [-0.1, -0.05) is 24.3 Å². The number of halogens is 1. The molecule has 1 saturated heterocycles. The van der Waals surface area contributed by atoms with Gasteiger partial charge in [-0.05, 0) is 31.5 Å². The Balaban J connectivity index is 0.00000261. The van der Waals surface area contributed by atoms with Gasteiger partial charge in [0.15, 0.2) is 5.96 Å². The highest BCUT2D eigenvalue weighted by Crippen LogP contribution is 2.19. The molecular weight excluding hydrogens is 453 g/mol. The predicted octanol–water partition coefficient (Wildman–Crippen LogP) is 3.04. The highest BCUT2D eigenvalue weighted by Gasteiger charge is 2.23. The minimum absolute atomic E-state index is 0. The molecule has 1 unspecified atom stereocenters. The SMILES string of the molecule is CCOc1ncccc1CNC(=NC)NC1CCN(c2ccccc2)C1.I. The van der Waals surface area contributed by atoms with Crippen LogP contribution in [0.5, 0.6) is 5.88 Å². The van der Waals surface area contributed by atoms with Gasteiger partial charge < -0.3 is 20.3 Å². The van der Waals surface area contributed by atoms with Crippen molar-refractivity contribution in [3.63, 3.8) is 0 Å². The fourth-order valence-electron chi connectivity index (χ4n) is 3.14. The van der Waals surface area contributed by atoms with Gasteiger partial charge >= 0.3 is 0 Å². The van der Waals surface area contributed by atoms with E-state index in [9.17, 15) is 0 Å². The van der Waals surface area contributed by atoms with Gasteiger partial charge in [-0.3, -0.25) is 4.99 Å². The van der Waals surface area contributed by atoms with Crippen molar-refractivity contribution in [2.75, 3.05) is 31.6 Å². The molecule has 27 heavy (non-hydrogen) atoms. The topological polar surface area (TPSA) is 61.8 Å². The number of hydrogen-bond donors (Lipinski definition) is 2. The number of aromatic nitrogens is 1. The van der Waals surface area contributed by atoms with E-state index in [1.54, 1.807) is 13.2 Å². The van der Waals surface area contributed by atoms with Crippen molar-refractivity contribution in [2.24, 2.45) is 4.99 Å². The van der Waals surface area contributed by atoms with Gasteiger partial charge in [0.2, 0.25) is 5.88 Å². The van der Waals surface area contributed by atoms with Crippen LogP contribution < -0.4 is 20.3 Å². The number of nitrogens with one attached hydrogen (secondary N) is 2. The second-order valence-corrected chi connectivity index (χ2v) is 6.24. The number of hydrogen-bond acceptors (Lipinski definition) is 4. The zero-order valence-corrected chi connectivity index (χ0v) is 18.2. The maximum Gasteiger partial charge on any atom is 0.218 e. The van der Waals surface area contributed by atoms with Crippen LogP contribution in [0.25, 0.3) is 0 Å². The monoisotopic (exact) mass is 481 g/mol. The third-order valence-electron chi connectivity index (χ3n) is 4.45. The summed E-state index contributed by atoms with van der Waals surface area (Å²) in [5, 5.41) is 6.89. The lowest BCUT2D eigenvalue weighted by Crippen LogP contribution is -2.44. The molecule has 0 amide bonds. The fraction of sp³-hybridized carbons (Fsp3) is 0.400. The average Bonchev–Trinajstić information content (AvgIpc) is 3.15. The Bertz CT molecular complexity index is 725. The van der Waals surface area contributed by atoms with Gasteiger partial charge in [-0.25, -0.2) is 4.98 Å². The Labute approximate surface area is 178 Å². The minimum Gasteiger partial charge on any atom is -0.478 e. The molecule has 0 aliphatic carbocycles. The van der Waals surface area contributed by atoms with Crippen LogP contribution in [0.4, 0.5) is 5.69 Å². The second kappa shape index (κ2) is 11.0. The summed E-state index contributed by atoms with van der Waals surface area (Å²) in [4.78, 5) is 11.0. The van der Waals surface area contributed by atoms with Crippen LogP contribution in [0.1, 0.15) is 18.9 Å². The van der Waals surface area contributed by atoms with E-state index in [1.165, 1.54) is 5.69 Å². The third-order valence-corrected chi connectivity index (χ3v) is 4.45. The molecule has 0 radical (unpaired) electrons. The molecule has 2 N–H and O–H groups in total. The van der Waals surface area contributed by atoms with Crippen LogP contribution in [-0.2, 0) is 6.54 Å². The molecule has 1 aromatic carbocycles. The normalized spacial score (nSPS) is 16.6. The lowest BCUT2D eigenvalue weighted by molar-refractivity contribution is 0.322. The van der Waals surface area contributed by atoms with Crippen molar-refractivity contribution in [3.05, 3.63) is 54.2 Å². The van der Waals surface area contributed by atoms with Crippen molar-refractivity contribution < 1.29 is 4.74 Å². The van der Waals surface area contributed by atoms with E-state index in [0.29, 0.717) is 25.1 Å². The summed E-state index contributed by atoms with van der Waals surface area (Å²) in [6, 6.07) is 14.9. The Hall–Kier alpha value is -2.03. The van der Waals surface area contributed by atoms with Crippen molar-refractivity contribution in [2.45, 2.75) is 25.9 Å². The molecule has 1 aromatic heterocycles. The number of para-hydroxylation sites is 1. The van der Waals surface area contributed by atoms with Gasteiger partial charge in [0.25, 0.3) is 0 Å². The molecular formula is C20H28IN5O. The molecule has 0 spiro atoms. The number of rotatable bonds is 6. The van der Waals surface area contributed by atoms with Gasteiger partial charge in [-0.2, -0.15) is 0 Å². The van der Waals surface area contributed by atoms with Gasteiger partial charge in [0.05, 0.1) is 6.61 Å². The Morgan fingerprint density at radius 3 is 2.81 bits per heavy atom. The van der Waals surface area contributed by atoms with E-state index in [-0.39, 0.29) is 24.0 Å². The van der Waals surface area contributed by atoms with Crippen LogP contribution in [-0.4, -0.2) is 43.7 Å². The number of anilines is 1. The standard InChI is InChI=1S/C20H27N5O.HI/c1-3-26-19-16(8-7-12-22-19)14-23-20(21-2)24-17-11-13-25(15-17)18-9-5-4-6-10-18;/h4-10,12,17H,3,11,13-15H2,1-2H3,(H2,21,23,24);1H. The molecule has 6 nitrogen and oxygen atoms in total. The molecule has 1 fully saturated rings. The lowest BCUT2D eigenvalue weighted by Gasteiger charge is -2.20. The van der Waals surface area contributed by atoms with Gasteiger partial charge in [0.1, 0.15) is 0 Å². The van der Waals surface area contributed by atoms with Gasteiger partial charge in [0, 0.05) is 50.2 Å². The summed E-state index contributed by atoms with van der Waals surface area (Å²) in [5.74, 6) is 1.48. The molecule has 0 bridgehead atoms.